The van der Waals surface area contributed by atoms with Gasteiger partial charge in [-0.2, -0.15) is 31.4 Å². The molecule has 0 bridgehead atoms. The molecule has 1 aliphatic heterocycles. The number of alkyl halides is 6. The number of carboxylic acid groups (broad SMARTS) is 2. The molecule has 0 aliphatic carbocycles. The highest BCUT2D eigenvalue weighted by molar-refractivity contribution is 5.73. The van der Waals surface area contributed by atoms with Crippen LogP contribution in [0.2, 0.25) is 0 Å². The number of carbonyl (C=O) groups is 2. The Balaban J connectivity index is 0.000000303. The van der Waals surface area contributed by atoms with Gasteiger partial charge in [-0.1, -0.05) is 18.2 Å². The fourth-order valence-electron chi connectivity index (χ4n) is 4.07. The van der Waals surface area contributed by atoms with E-state index in [9.17, 15) is 30.7 Å². The third kappa shape index (κ3) is 9.73. The summed E-state index contributed by atoms with van der Waals surface area (Å²) in [5, 5.41) is 19.0. The van der Waals surface area contributed by atoms with E-state index in [-0.39, 0.29) is 11.7 Å². The van der Waals surface area contributed by atoms with Crippen molar-refractivity contribution < 1.29 is 50.5 Å². The lowest BCUT2D eigenvalue weighted by Crippen LogP contribution is -2.34. The first kappa shape index (κ1) is 32.9. The molecule has 0 saturated carbocycles. The van der Waals surface area contributed by atoms with Crippen molar-refractivity contribution in [3.63, 3.8) is 0 Å². The topological polar surface area (TPSA) is 121 Å². The van der Waals surface area contributed by atoms with Gasteiger partial charge in [-0.25, -0.2) is 23.5 Å². The lowest BCUT2D eigenvalue weighted by atomic mass is 9.97. The quantitative estimate of drug-likeness (QED) is 0.286. The van der Waals surface area contributed by atoms with Crippen LogP contribution in [0.4, 0.5) is 30.7 Å². The van der Waals surface area contributed by atoms with Gasteiger partial charge in [-0.15, -0.1) is 0 Å². The Morgan fingerprint density at radius 3 is 2.07 bits per heavy atom. The van der Waals surface area contributed by atoms with Gasteiger partial charge in [0.25, 0.3) is 0 Å². The zero-order valence-corrected chi connectivity index (χ0v) is 22.1. The van der Waals surface area contributed by atoms with E-state index >= 15 is 0 Å². The second-order valence-electron chi connectivity index (χ2n) is 9.20. The summed E-state index contributed by atoms with van der Waals surface area (Å²) in [7, 11) is 0. The smallest absolute Gasteiger partial charge is 0.475 e. The van der Waals surface area contributed by atoms with Gasteiger partial charge < -0.3 is 10.2 Å². The molecule has 4 heterocycles. The summed E-state index contributed by atoms with van der Waals surface area (Å²) in [6.45, 7) is 2.45. The molecule has 16 heteroatoms. The number of aliphatic carboxylic acids is 2. The first-order chi connectivity index (χ1) is 20.1. The van der Waals surface area contributed by atoms with E-state index in [1.165, 1.54) is 6.07 Å². The summed E-state index contributed by atoms with van der Waals surface area (Å²) in [5.74, 6) is -4.51. The third-order valence-corrected chi connectivity index (χ3v) is 6.07. The molecule has 4 aromatic rings. The number of hydrogen-bond acceptors (Lipinski definition) is 6. The Kier molecular flexibility index (Phi) is 10.7. The molecule has 1 aliphatic rings. The van der Waals surface area contributed by atoms with Crippen molar-refractivity contribution >= 4 is 17.6 Å². The second-order valence-corrected chi connectivity index (χ2v) is 9.20. The van der Waals surface area contributed by atoms with Crippen LogP contribution in [0.3, 0.4) is 0 Å². The minimum Gasteiger partial charge on any atom is -0.475 e. The zero-order chi connectivity index (χ0) is 31.8. The van der Waals surface area contributed by atoms with Gasteiger partial charge in [0.05, 0.1) is 0 Å². The monoisotopic (exact) mass is 615 g/mol. The van der Waals surface area contributed by atoms with Gasteiger partial charge in [0.2, 0.25) is 0 Å². The fraction of sp³-hybridized carbons (Fsp3) is 0.296. The average molecular weight is 616 g/mol. The van der Waals surface area contributed by atoms with E-state index < -0.39 is 24.3 Å². The van der Waals surface area contributed by atoms with Gasteiger partial charge in [0.15, 0.2) is 11.5 Å². The van der Waals surface area contributed by atoms with Gasteiger partial charge in [-0.3, -0.25) is 9.88 Å². The Morgan fingerprint density at radius 1 is 0.884 bits per heavy atom. The second kappa shape index (κ2) is 14.0. The number of likely N-dealkylation sites (tertiary alicyclic amines) is 1. The fourth-order valence-corrected chi connectivity index (χ4v) is 4.07. The molecule has 1 aromatic carbocycles. The molecule has 0 amide bonds. The SMILES string of the molecule is Fc1ccccc1CN1CCCC(c2nc3ccc(-c4ccncc4)cn3n2)C1.O=C(O)C(F)(F)F.O=C(O)C(F)(F)F. The van der Waals surface area contributed by atoms with Gasteiger partial charge in [0.1, 0.15) is 5.82 Å². The first-order valence-electron chi connectivity index (χ1n) is 12.5. The lowest BCUT2D eigenvalue weighted by Gasteiger charge is -2.31. The van der Waals surface area contributed by atoms with Crippen LogP contribution in [0.25, 0.3) is 16.8 Å². The summed E-state index contributed by atoms with van der Waals surface area (Å²) in [6, 6.07) is 15.1. The van der Waals surface area contributed by atoms with E-state index in [2.05, 4.69) is 16.0 Å². The van der Waals surface area contributed by atoms with E-state index in [1.54, 1.807) is 18.5 Å². The Hall–Kier alpha value is -4.60. The van der Waals surface area contributed by atoms with Gasteiger partial charge in [0, 0.05) is 48.7 Å². The van der Waals surface area contributed by atoms with Crippen LogP contribution in [-0.4, -0.2) is 72.1 Å². The predicted octanol–water partition coefficient (Wildman–Crippen LogP) is 5.58. The molecule has 2 N–H and O–H groups in total. The molecule has 1 fully saturated rings. The Labute approximate surface area is 239 Å². The first-order valence-corrected chi connectivity index (χ1v) is 12.5. The van der Waals surface area contributed by atoms with Crippen LogP contribution in [0.15, 0.2) is 67.1 Å². The predicted molar refractivity (Wildman–Crippen MR) is 137 cm³/mol. The molecule has 43 heavy (non-hydrogen) atoms. The van der Waals surface area contributed by atoms with E-state index in [0.717, 1.165) is 54.1 Å². The number of rotatable bonds is 4. The molecular formula is C27H24F7N5O4. The highest BCUT2D eigenvalue weighted by atomic mass is 19.4. The summed E-state index contributed by atoms with van der Waals surface area (Å²) in [5.41, 5.74) is 3.79. The van der Waals surface area contributed by atoms with E-state index in [4.69, 9.17) is 29.9 Å². The van der Waals surface area contributed by atoms with Crippen LogP contribution >= 0.6 is 0 Å². The van der Waals surface area contributed by atoms with Crippen LogP contribution < -0.4 is 0 Å². The number of carboxylic acids is 2. The summed E-state index contributed by atoms with van der Waals surface area (Å²) < 4.78 is 79.4. The van der Waals surface area contributed by atoms with Crippen LogP contribution in [-0.2, 0) is 16.1 Å². The number of piperidine rings is 1. The van der Waals surface area contributed by atoms with Crippen molar-refractivity contribution in [3.8, 4) is 11.1 Å². The lowest BCUT2D eigenvalue weighted by molar-refractivity contribution is -0.193. The third-order valence-electron chi connectivity index (χ3n) is 6.07. The largest absolute Gasteiger partial charge is 0.490 e. The van der Waals surface area contributed by atoms with Crippen molar-refractivity contribution in [2.45, 2.75) is 37.7 Å². The summed E-state index contributed by atoms with van der Waals surface area (Å²) in [4.78, 5) is 28.9. The molecule has 3 aromatic heterocycles. The van der Waals surface area contributed by atoms with Crippen LogP contribution in [0, 0.1) is 5.82 Å². The number of fused-ring (bicyclic) bond motifs is 1. The maximum atomic E-state index is 14.0. The average Bonchev–Trinajstić information content (AvgIpc) is 3.38. The maximum Gasteiger partial charge on any atom is 0.490 e. The standard InChI is InChI=1S/C23H22FN5.2C2HF3O2/c24-21-6-2-1-4-19(21)14-28-13-3-5-20(15-28)23-26-22-8-7-18(16-29(22)27-23)17-9-11-25-12-10-17;2*3-2(4,5)1(6)7/h1-2,4,6-12,16,20H,3,5,13-15H2;2*(H,6,7). The minimum atomic E-state index is -5.08. The van der Waals surface area contributed by atoms with Gasteiger partial charge >= 0.3 is 24.3 Å². The Morgan fingerprint density at radius 2 is 1.49 bits per heavy atom. The molecule has 5 rings (SSSR count). The number of halogens is 7. The molecule has 0 spiro atoms. The molecule has 1 unspecified atom stereocenters. The molecule has 0 radical (unpaired) electrons. The van der Waals surface area contributed by atoms with Gasteiger partial charge in [-0.05, 0) is 55.3 Å². The normalized spacial score (nSPS) is 15.6. The van der Waals surface area contributed by atoms with E-state index in [1.807, 2.05) is 41.0 Å². The molecular weight excluding hydrogens is 591 g/mol. The number of hydrogen-bond donors (Lipinski definition) is 2. The van der Waals surface area contributed by atoms with Crippen molar-refractivity contribution in [3.05, 3.63) is 84.3 Å². The zero-order valence-electron chi connectivity index (χ0n) is 22.1. The van der Waals surface area contributed by atoms with Crippen molar-refractivity contribution in [1.82, 2.24) is 24.5 Å². The summed E-state index contributed by atoms with van der Waals surface area (Å²) >= 11 is 0. The molecule has 1 atom stereocenters. The highest BCUT2D eigenvalue weighted by Gasteiger charge is 2.38. The van der Waals surface area contributed by atoms with Crippen molar-refractivity contribution in [2.24, 2.45) is 0 Å². The van der Waals surface area contributed by atoms with Crippen molar-refractivity contribution in [2.75, 3.05) is 13.1 Å². The summed E-state index contributed by atoms with van der Waals surface area (Å²) in [6.07, 6.45) is -2.45. The number of benzene rings is 1. The molecule has 230 valence electrons. The van der Waals surface area contributed by atoms with Crippen molar-refractivity contribution in [1.29, 1.82) is 0 Å². The van der Waals surface area contributed by atoms with E-state index in [0.29, 0.717) is 6.54 Å². The minimum absolute atomic E-state index is 0.135. The maximum absolute atomic E-state index is 14.0. The Bertz CT molecular complexity index is 1500. The highest BCUT2D eigenvalue weighted by Crippen LogP contribution is 2.27. The van der Waals surface area contributed by atoms with Crippen LogP contribution in [0.1, 0.15) is 30.1 Å². The number of nitrogens with zero attached hydrogens (tertiary/aromatic N) is 5. The molecule has 9 nitrogen and oxygen atoms in total. The number of pyridine rings is 2. The molecule has 1 saturated heterocycles. The van der Waals surface area contributed by atoms with Crippen LogP contribution in [0.5, 0.6) is 0 Å². The number of aromatic nitrogens is 4.